The normalized spacial score (nSPS) is 16.0. The lowest BCUT2D eigenvalue weighted by molar-refractivity contribution is -0.123. The van der Waals surface area contributed by atoms with Gasteiger partial charge in [0.15, 0.2) is 0 Å². The first-order valence-corrected chi connectivity index (χ1v) is 8.08. The largest absolute Gasteiger partial charge is 0.346 e. The van der Waals surface area contributed by atoms with Crippen LogP contribution in [-0.4, -0.2) is 5.91 Å². The van der Waals surface area contributed by atoms with Gasteiger partial charge in [0.2, 0.25) is 5.91 Å². The average Bonchev–Trinajstić information content (AvgIpc) is 2.44. The van der Waals surface area contributed by atoms with E-state index in [0.29, 0.717) is 6.42 Å². The summed E-state index contributed by atoms with van der Waals surface area (Å²) in [6.07, 6.45) is 3.64. The first-order valence-electron chi connectivity index (χ1n) is 7.29. The molecule has 0 saturated heterocycles. The molecule has 0 heterocycles. The number of hydrogen-bond acceptors (Lipinski definition) is 1. The summed E-state index contributed by atoms with van der Waals surface area (Å²) in [5, 5.41) is 3.26. The Labute approximate surface area is 133 Å². The van der Waals surface area contributed by atoms with Crippen LogP contribution in [0.1, 0.15) is 30.4 Å². The second-order valence-corrected chi connectivity index (χ2v) is 6.57. The summed E-state index contributed by atoms with van der Waals surface area (Å²) in [6, 6.07) is 18.2. The lowest BCUT2D eigenvalue weighted by atomic mass is 9.71. The van der Waals surface area contributed by atoms with Crippen LogP contribution in [0.2, 0.25) is 0 Å². The molecule has 0 bridgehead atoms. The number of hydrogen-bond donors (Lipinski definition) is 1. The van der Waals surface area contributed by atoms with Gasteiger partial charge in [-0.15, -0.1) is 0 Å². The molecular formula is C18H18BrNO. The van der Waals surface area contributed by atoms with Crippen molar-refractivity contribution in [3.05, 3.63) is 70.2 Å². The molecule has 3 heteroatoms. The van der Waals surface area contributed by atoms with E-state index in [0.717, 1.165) is 29.3 Å². The molecule has 0 spiro atoms. The molecule has 3 rings (SSSR count). The summed E-state index contributed by atoms with van der Waals surface area (Å²) in [6.45, 7) is 0. The summed E-state index contributed by atoms with van der Waals surface area (Å²) in [5.41, 5.74) is 2.08. The smallest absolute Gasteiger partial charge is 0.225 e. The summed E-state index contributed by atoms with van der Waals surface area (Å²) >= 11 is 3.52. The van der Waals surface area contributed by atoms with Gasteiger partial charge in [-0.05, 0) is 42.5 Å². The topological polar surface area (TPSA) is 29.1 Å². The van der Waals surface area contributed by atoms with Gasteiger partial charge in [0.25, 0.3) is 0 Å². The van der Waals surface area contributed by atoms with E-state index >= 15 is 0 Å². The van der Waals surface area contributed by atoms with Gasteiger partial charge >= 0.3 is 0 Å². The number of nitrogens with one attached hydrogen (secondary N) is 1. The van der Waals surface area contributed by atoms with Crippen LogP contribution in [0, 0.1) is 0 Å². The van der Waals surface area contributed by atoms with Crippen LogP contribution in [-0.2, 0) is 16.8 Å². The third-order valence-corrected chi connectivity index (χ3v) is 4.66. The van der Waals surface area contributed by atoms with Gasteiger partial charge in [0.05, 0.1) is 12.0 Å². The van der Waals surface area contributed by atoms with Crippen LogP contribution in [0.3, 0.4) is 0 Å². The Morgan fingerprint density at radius 2 is 1.86 bits per heavy atom. The zero-order valence-corrected chi connectivity index (χ0v) is 13.4. The van der Waals surface area contributed by atoms with Gasteiger partial charge < -0.3 is 5.32 Å². The molecule has 0 aliphatic heterocycles. The molecule has 0 aromatic heterocycles. The van der Waals surface area contributed by atoms with Gasteiger partial charge in [0, 0.05) is 4.47 Å². The molecular weight excluding hydrogens is 326 g/mol. The fourth-order valence-corrected chi connectivity index (χ4v) is 3.29. The van der Waals surface area contributed by atoms with Crippen molar-refractivity contribution in [3.63, 3.8) is 0 Å². The summed E-state index contributed by atoms with van der Waals surface area (Å²) in [5.74, 6) is 0.0980. The van der Waals surface area contributed by atoms with Crippen LogP contribution >= 0.6 is 15.9 Å². The van der Waals surface area contributed by atoms with Gasteiger partial charge in [-0.25, -0.2) is 0 Å². The zero-order chi connectivity index (χ0) is 14.7. The van der Waals surface area contributed by atoms with E-state index in [1.54, 1.807) is 0 Å². The van der Waals surface area contributed by atoms with Crippen molar-refractivity contribution >= 4 is 21.8 Å². The number of halogens is 1. The van der Waals surface area contributed by atoms with E-state index < -0.39 is 0 Å². The van der Waals surface area contributed by atoms with Gasteiger partial charge in [-0.2, -0.15) is 0 Å². The van der Waals surface area contributed by atoms with Crippen molar-refractivity contribution in [3.8, 4) is 0 Å². The van der Waals surface area contributed by atoms with E-state index in [2.05, 4.69) is 33.4 Å². The third kappa shape index (κ3) is 3.18. The minimum absolute atomic E-state index is 0.0980. The minimum Gasteiger partial charge on any atom is -0.346 e. The maximum absolute atomic E-state index is 12.4. The molecule has 21 heavy (non-hydrogen) atoms. The molecule has 1 aliphatic carbocycles. The monoisotopic (exact) mass is 343 g/mol. The molecule has 1 saturated carbocycles. The van der Waals surface area contributed by atoms with Crippen molar-refractivity contribution in [2.24, 2.45) is 0 Å². The number of benzene rings is 2. The number of rotatable bonds is 4. The van der Waals surface area contributed by atoms with Crippen LogP contribution in [0.5, 0.6) is 0 Å². The SMILES string of the molecule is O=C(Cc1ccccc1)NC1(c2cccc(Br)c2)CCC1. The number of carbonyl (C=O) groups is 1. The third-order valence-electron chi connectivity index (χ3n) is 4.17. The summed E-state index contributed by atoms with van der Waals surface area (Å²) in [4.78, 5) is 12.4. The van der Waals surface area contributed by atoms with Crippen LogP contribution in [0.15, 0.2) is 59.1 Å². The molecule has 2 nitrogen and oxygen atoms in total. The fraction of sp³-hybridized carbons (Fsp3) is 0.278. The zero-order valence-electron chi connectivity index (χ0n) is 11.8. The van der Waals surface area contributed by atoms with E-state index in [1.165, 1.54) is 5.56 Å². The first-order chi connectivity index (χ1) is 10.2. The second kappa shape index (κ2) is 6.02. The Kier molecular flexibility index (Phi) is 4.11. The molecule has 2 aromatic carbocycles. The van der Waals surface area contributed by atoms with Crippen molar-refractivity contribution in [1.29, 1.82) is 0 Å². The predicted molar refractivity (Wildman–Crippen MR) is 88.0 cm³/mol. The number of carbonyl (C=O) groups excluding carboxylic acids is 1. The Bertz CT molecular complexity index is 635. The molecule has 108 valence electrons. The van der Waals surface area contributed by atoms with Crippen LogP contribution in [0.25, 0.3) is 0 Å². The van der Waals surface area contributed by atoms with Crippen LogP contribution in [0.4, 0.5) is 0 Å². The molecule has 1 amide bonds. The molecule has 1 N–H and O–H groups in total. The highest BCUT2D eigenvalue weighted by Crippen LogP contribution is 2.41. The first kappa shape index (κ1) is 14.3. The minimum atomic E-state index is -0.171. The predicted octanol–water partition coefficient (Wildman–Crippen LogP) is 4.19. The highest BCUT2D eigenvalue weighted by molar-refractivity contribution is 9.10. The Morgan fingerprint density at radius 1 is 1.10 bits per heavy atom. The van der Waals surface area contributed by atoms with Gasteiger partial charge in [-0.1, -0.05) is 58.4 Å². The maximum atomic E-state index is 12.4. The lowest BCUT2D eigenvalue weighted by Crippen LogP contribution is -2.51. The van der Waals surface area contributed by atoms with Crippen molar-refractivity contribution in [2.45, 2.75) is 31.2 Å². The van der Waals surface area contributed by atoms with Crippen molar-refractivity contribution in [1.82, 2.24) is 5.32 Å². The summed E-state index contributed by atoms with van der Waals surface area (Å²) in [7, 11) is 0. The summed E-state index contributed by atoms with van der Waals surface area (Å²) < 4.78 is 1.06. The van der Waals surface area contributed by atoms with E-state index in [-0.39, 0.29) is 11.4 Å². The molecule has 2 aromatic rings. The quantitative estimate of drug-likeness (QED) is 0.885. The molecule has 1 fully saturated rings. The lowest BCUT2D eigenvalue weighted by Gasteiger charge is -2.43. The highest BCUT2D eigenvalue weighted by Gasteiger charge is 2.39. The second-order valence-electron chi connectivity index (χ2n) is 5.66. The van der Waals surface area contributed by atoms with Crippen LogP contribution < -0.4 is 5.32 Å². The Hall–Kier alpha value is -1.61. The number of amides is 1. The molecule has 0 unspecified atom stereocenters. The molecule has 0 atom stereocenters. The van der Waals surface area contributed by atoms with E-state index in [1.807, 2.05) is 42.5 Å². The Morgan fingerprint density at radius 3 is 2.48 bits per heavy atom. The fourth-order valence-electron chi connectivity index (χ4n) is 2.89. The molecule has 0 radical (unpaired) electrons. The van der Waals surface area contributed by atoms with Gasteiger partial charge in [0.1, 0.15) is 0 Å². The highest BCUT2D eigenvalue weighted by atomic mass is 79.9. The average molecular weight is 344 g/mol. The van der Waals surface area contributed by atoms with E-state index in [4.69, 9.17) is 0 Å². The van der Waals surface area contributed by atoms with E-state index in [9.17, 15) is 4.79 Å². The Balaban J connectivity index is 1.74. The standard InChI is InChI=1S/C18H18BrNO/c19-16-9-4-8-15(13-16)18(10-5-11-18)20-17(21)12-14-6-2-1-3-7-14/h1-4,6-9,13H,5,10-12H2,(H,20,21). The molecule has 1 aliphatic rings. The van der Waals surface area contributed by atoms with Crippen molar-refractivity contribution < 1.29 is 4.79 Å². The maximum Gasteiger partial charge on any atom is 0.225 e. The van der Waals surface area contributed by atoms with Crippen molar-refractivity contribution in [2.75, 3.05) is 0 Å². The van der Waals surface area contributed by atoms with Gasteiger partial charge in [-0.3, -0.25) is 4.79 Å².